The van der Waals surface area contributed by atoms with Gasteiger partial charge in [0.25, 0.3) is 11.7 Å². The van der Waals surface area contributed by atoms with Crippen LogP contribution in [-0.4, -0.2) is 62.3 Å². The van der Waals surface area contributed by atoms with Crippen LogP contribution in [-0.2, 0) is 14.3 Å². The van der Waals surface area contributed by atoms with E-state index < -0.39 is 17.7 Å². The van der Waals surface area contributed by atoms with Crippen molar-refractivity contribution in [2.24, 2.45) is 0 Å². The van der Waals surface area contributed by atoms with Crippen molar-refractivity contribution in [1.29, 1.82) is 0 Å². The number of hydrogen-bond donors (Lipinski definition) is 1. The van der Waals surface area contributed by atoms with Gasteiger partial charge in [-0.2, -0.15) is 0 Å². The highest BCUT2D eigenvalue weighted by Gasteiger charge is 2.46. The Labute approximate surface area is 199 Å². The molecule has 0 aliphatic carbocycles. The summed E-state index contributed by atoms with van der Waals surface area (Å²) >= 11 is 0. The normalized spacial score (nSPS) is 17.4. The molecule has 1 saturated heterocycles. The fourth-order valence-electron chi connectivity index (χ4n) is 3.98. The highest BCUT2D eigenvalue weighted by Crippen LogP contribution is 2.42. The Hall–Kier alpha value is -3.52. The number of aliphatic hydroxyl groups excluding tert-OH is 1. The first kappa shape index (κ1) is 25.1. The van der Waals surface area contributed by atoms with Crippen LogP contribution in [0.5, 0.6) is 17.2 Å². The van der Waals surface area contributed by atoms with Crippen LogP contribution < -0.4 is 14.2 Å². The topological polar surface area (TPSA) is 94.5 Å². The predicted molar refractivity (Wildman–Crippen MR) is 127 cm³/mol. The number of nitrogens with zero attached hydrogens (tertiary/aromatic N) is 1. The van der Waals surface area contributed by atoms with Crippen LogP contribution in [0.3, 0.4) is 0 Å². The monoisotopic (exact) mass is 469 g/mol. The minimum Gasteiger partial charge on any atom is -0.507 e. The largest absolute Gasteiger partial charge is 0.507 e. The van der Waals surface area contributed by atoms with Gasteiger partial charge in [-0.05, 0) is 62.2 Å². The van der Waals surface area contributed by atoms with E-state index in [1.54, 1.807) is 49.6 Å². The molecule has 8 nitrogen and oxygen atoms in total. The summed E-state index contributed by atoms with van der Waals surface area (Å²) in [4.78, 5) is 27.6. The number of Topliss-reactive ketones (excluding diaryl/α,β-unsaturated/α-hetero) is 1. The lowest BCUT2D eigenvalue weighted by atomic mass is 9.95. The van der Waals surface area contributed by atoms with Crippen molar-refractivity contribution in [3.05, 3.63) is 59.2 Å². The van der Waals surface area contributed by atoms with Crippen molar-refractivity contribution in [3.8, 4) is 17.2 Å². The fraction of sp³-hybridized carbons (Fsp3) is 0.385. The number of carbonyl (C=O) groups is 2. The van der Waals surface area contributed by atoms with Crippen molar-refractivity contribution in [2.45, 2.75) is 32.4 Å². The second-order valence-corrected chi connectivity index (χ2v) is 8.14. The molecular formula is C26H31NO7. The van der Waals surface area contributed by atoms with Crippen molar-refractivity contribution in [1.82, 2.24) is 4.90 Å². The molecule has 2 aromatic carbocycles. The van der Waals surface area contributed by atoms with Crippen LogP contribution in [0.1, 0.15) is 37.4 Å². The van der Waals surface area contributed by atoms with Crippen LogP contribution in [0.2, 0.25) is 0 Å². The molecule has 1 amide bonds. The van der Waals surface area contributed by atoms with Crippen LogP contribution >= 0.6 is 0 Å². The number of amides is 1. The Morgan fingerprint density at radius 1 is 1.00 bits per heavy atom. The summed E-state index contributed by atoms with van der Waals surface area (Å²) in [5.74, 6) is -0.0399. The van der Waals surface area contributed by atoms with Crippen molar-refractivity contribution in [3.63, 3.8) is 0 Å². The number of benzene rings is 2. The third kappa shape index (κ3) is 5.17. The lowest BCUT2D eigenvalue weighted by molar-refractivity contribution is -0.140. The van der Waals surface area contributed by atoms with E-state index in [-0.39, 0.29) is 24.0 Å². The van der Waals surface area contributed by atoms with E-state index >= 15 is 0 Å². The van der Waals surface area contributed by atoms with E-state index in [4.69, 9.17) is 18.9 Å². The second kappa shape index (κ2) is 11.1. The summed E-state index contributed by atoms with van der Waals surface area (Å²) in [5, 5.41) is 11.2. The summed E-state index contributed by atoms with van der Waals surface area (Å²) in [5.41, 5.74) is 1.05. The summed E-state index contributed by atoms with van der Waals surface area (Å²) < 4.78 is 21.5. The molecule has 0 saturated carbocycles. The van der Waals surface area contributed by atoms with Gasteiger partial charge in [-0.3, -0.25) is 9.59 Å². The molecule has 0 radical (unpaired) electrons. The van der Waals surface area contributed by atoms with Crippen LogP contribution in [0.25, 0.3) is 5.76 Å². The van der Waals surface area contributed by atoms with Gasteiger partial charge in [0, 0.05) is 25.8 Å². The van der Waals surface area contributed by atoms with Gasteiger partial charge in [-0.25, -0.2) is 0 Å². The van der Waals surface area contributed by atoms with Gasteiger partial charge >= 0.3 is 0 Å². The number of likely N-dealkylation sites (tertiary alicyclic amines) is 1. The zero-order valence-corrected chi connectivity index (χ0v) is 20.2. The molecule has 1 N–H and O–H groups in total. The first-order chi connectivity index (χ1) is 16.3. The molecule has 3 rings (SSSR count). The maximum absolute atomic E-state index is 13.1. The number of rotatable bonds is 10. The molecule has 8 heteroatoms. The van der Waals surface area contributed by atoms with Gasteiger partial charge in [-0.15, -0.1) is 0 Å². The van der Waals surface area contributed by atoms with Crippen LogP contribution in [0, 0.1) is 0 Å². The van der Waals surface area contributed by atoms with Gasteiger partial charge in [0.05, 0.1) is 31.9 Å². The minimum atomic E-state index is -0.789. The number of aliphatic hydroxyl groups is 1. The first-order valence-corrected chi connectivity index (χ1v) is 11.1. The molecule has 1 aliphatic heterocycles. The highest BCUT2D eigenvalue weighted by molar-refractivity contribution is 6.46. The second-order valence-electron chi connectivity index (χ2n) is 8.14. The molecule has 1 atom stereocenters. The lowest BCUT2D eigenvalue weighted by Crippen LogP contribution is -2.31. The van der Waals surface area contributed by atoms with E-state index in [0.29, 0.717) is 41.4 Å². The molecule has 1 aliphatic rings. The van der Waals surface area contributed by atoms with E-state index in [9.17, 15) is 14.7 Å². The molecule has 2 aromatic rings. The zero-order valence-electron chi connectivity index (χ0n) is 20.2. The Morgan fingerprint density at radius 2 is 1.68 bits per heavy atom. The zero-order chi connectivity index (χ0) is 24.8. The third-order valence-electron chi connectivity index (χ3n) is 5.51. The summed E-state index contributed by atoms with van der Waals surface area (Å²) in [6, 6.07) is 11.2. The highest BCUT2D eigenvalue weighted by atomic mass is 16.5. The summed E-state index contributed by atoms with van der Waals surface area (Å²) in [6.07, 6.45) is 0.538. The summed E-state index contributed by atoms with van der Waals surface area (Å²) in [7, 11) is 4.62. The van der Waals surface area contributed by atoms with Crippen molar-refractivity contribution >= 4 is 17.4 Å². The van der Waals surface area contributed by atoms with Gasteiger partial charge in [0.15, 0.2) is 11.5 Å². The van der Waals surface area contributed by atoms with E-state index in [0.717, 1.165) is 0 Å². The average Bonchev–Trinajstić information content (AvgIpc) is 3.08. The van der Waals surface area contributed by atoms with E-state index in [2.05, 4.69) is 0 Å². The SMILES string of the molecule is COCCCN1C(=O)C(=O)/C(=C(/O)c2ccc(OC(C)C)cc2)[C@@H]1c1ccc(OC)c(OC)c1. The van der Waals surface area contributed by atoms with E-state index in [1.807, 2.05) is 13.8 Å². The molecule has 0 bridgehead atoms. The number of ketones is 1. The molecule has 1 heterocycles. The van der Waals surface area contributed by atoms with Crippen LogP contribution in [0.15, 0.2) is 48.0 Å². The van der Waals surface area contributed by atoms with Crippen molar-refractivity contribution < 1.29 is 33.6 Å². The third-order valence-corrected chi connectivity index (χ3v) is 5.51. The van der Waals surface area contributed by atoms with Crippen LogP contribution in [0.4, 0.5) is 0 Å². The summed E-state index contributed by atoms with van der Waals surface area (Å²) in [6.45, 7) is 4.55. The van der Waals surface area contributed by atoms with Gasteiger partial charge < -0.3 is 29.0 Å². The molecule has 0 spiro atoms. The maximum atomic E-state index is 13.1. The Bertz CT molecular complexity index is 1060. The van der Waals surface area contributed by atoms with Crippen molar-refractivity contribution in [2.75, 3.05) is 34.5 Å². The average molecular weight is 470 g/mol. The molecule has 182 valence electrons. The molecule has 0 unspecified atom stereocenters. The predicted octanol–water partition coefficient (Wildman–Crippen LogP) is 3.95. The Balaban J connectivity index is 2.10. The smallest absolute Gasteiger partial charge is 0.295 e. The lowest BCUT2D eigenvalue weighted by Gasteiger charge is -2.26. The number of carbonyl (C=O) groups excluding carboxylic acids is 2. The fourth-order valence-corrected chi connectivity index (χ4v) is 3.98. The van der Waals surface area contributed by atoms with Gasteiger partial charge in [0.1, 0.15) is 11.5 Å². The Morgan fingerprint density at radius 3 is 2.26 bits per heavy atom. The first-order valence-electron chi connectivity index (χ1n) is 11.1. The standard InChI is InChI=1S/C26H31NO7/c1-16(2)34-19-10-7-17(8-11-19)24(28)22-23(18-9-12-20(32-4)21(15-18)33-5)27(13-6-14-31-3)26(30)25(22)29/h7-12,15-16,23,28H,6,13-14H2,1-5H3/b24-22+/t23-/m0/s1. The van der Waals surface area contributed by atoms with Gasteiger partial charge in [-0.1, -0.05) is 6.07 Å². The van der Waals surface area contributed by atoms with Gasteiger partial charge in [0.2, 0.25) is 0 Å². The number of ether oxygens (including phenoxy) is 4. The molecule has 34 heavy (non-hydrogen) atoms. The minimum absolute atomic E-state index is 0.00178. The molecular weight excluding hydrogens is 438 g/mol. The Kier molecular flexibility index (Phi) is 8.17. The quantitative estimate of drug-likeness (QED) is 0.244. The molecule has 0 aromatic heterocycles. The number of methoxy groups -OCH3 is 3. The number of hydrogen-bond acceptors (Lipinski definition) is 7. The van der Waals surface area contributed by atoms with E-state index in [1.165, 1.54) is 19.1 Å². The molecule has 1 fully saturated rings. The maximum Gasteiger partial charge on any atom is 0.295 e.